The van der Waals surface area contributed by atoms with E-state index in [1.54, 1.807) is 0 Å². The molecule has 0 saturated heterocycles. The molecule has 0 radical (unpaired) electrons. The monoisotopic (exact) mass is 491 g/mol. The summed E-state index contributed by atoms with van der Waals surface area (Å²) in [7, 11) is 0. The minimum Gasteiger partial charge on any atom is -0.449 e. The highest BCUT2D eigenvalue weighted by molar-refractivity contribution is 5.79. The zero-order valence-corrected chi connectivity index (χ0v) is 20.4. The Hall–Kier alpha value is -3.93. The van der Waals surface area contributed by atoms with E-state index in [1.165, 1.54) is 27.8 Å². The summed E-state index contributed by atoms with van der Waals surface area (Å²) in [4.78, 5) is 12.4. The van der Waals surface area contributed by atoms with Crippen LogP contribution in [0.25, 0.3) is 22.3 Å². The van der Waals surface area contributed by atoms with E-state index in [4.69, 9.17) is 4.74 Å². The van der Waals surface area contributed by atoms with Gasteiger partial charge in [0.1, 0.15) is 12.7 Å². The molecule has 0 spiro atoms. The third kappa shape index (κ3) is 4.41. The Balaban J connectivity index is 1.01. The van der Waals surface area contributed by atoms with E-state index in [9.17, 15) is 15.0 Å². The normalized spacial score (nSPS) is 14.8. The Labute approximate surface area is 216 Å². The van der Waals surface area contributed by atoms with Gasteiger partial charge in [0.15, 0.2) is 0 Å². The molecule has 1 amide bonds. The molecule has 2 unspecified atom stereocenters. The van der Waals surface area contributed by atoms with E-state index in [0.29, 0.717) is 5.56 Å². The number of hydrogen-bond donors (Lipinski definition) is 3. The van der Waals surface area contributed by atoms with Crippen LogP contribution in [0.5, 0.6) is 0 Å². The fourth-order valence-corrected chi connectivity index (χ4v) is 5.70. The van der Waals surface area contributed by atoms with Gasteiger partial charge in [-0.3, -0.25) is 0 Å². The average Bonchev–Trinajstić information content (AvgIpc) is 3.46. The standard InChI is InChI=1S/C32H29NO4/c34-30(31(35)21-13-14-24-22(18-21)17-20-7-1-2-8-23(20)24)15-16-33-32(36)37-19-29-27-11-5-3-9-25(27)26-10-4-6-12-28(26)29/h1-14,18,29-31,34-35H,15-17,19H2,(H,33,36). The Morgan fingerprint density at radius 3 is 2.16 bits per heavy atom. The van der Waals surface area contributed by atoms with Crippen LogP contribution in [0, 0.1) is 0 Å². The molecule has 2 aliphatic carbocycles. The molecule has 0 saturated carbocycles. The van der Waals surface area contributed by atoms with E-state index in [0.717, 1.165) is 23.1 Å². The number of ether oxygens (including phenoxy) is 1. The van der Waals surface area contributed by atoms with Gasteiger partial charge in [0.2, 0.25) is 0 Å². The van der Waals surface area contributed by atoms with Crippen molar-refractivity contribution in [2.75, 3.05) is 13.2 Å². The summed E-state index contributed by atoms with van der Waals surface area (Å²) in [6, 6.07) is 30.6. The van der Waals surface area contributed by atoms with Crippen molar-refractivity contribution in [1.82, 2.24) is 5.32 Å². The molecule has 186 valence electrons. The highest BCUT2D eigenvalue weighted by atomic mass is 16.5. The number of aliphatic hydroxyl groups excluding tert-OH is 2. The van der Waals surface area contributed by atoms with Gasteiger partial charge in [-0.25, -0.2) is 4.79 Å². The van der Waals surface area contributed by atoms with E-state index >= 15 is 0 Å². The Kier molecular flexibility index (Phi) is 6.25. The summed E-state index contributed by atoms with van der Waals surface area (Å²) in [6.45, 7) is 0.438. The minimum atomic E-state index is -1.03. The van der Waals surface area contributed by atoms with Crippen LogP contribution in [0.4, 0.5) is 4.79 Å². The van der Waals surface area contributed by atoms with Gasteiger partial charge in [0.25, 0.3) is 0 Å². The summed E-state index contributed by atoms with van der Waals surface area (Å²) in [6.07, 6.45) is -1.53. The Morgan fingerprint density at radius 2 is 1.43 bits per heavy atom. The maximum absolute atomic E-state index is 12.4. The summed E-state index contributed by atoms with van der Waals surface area (Å²) < 4.78 is 5.55. The van der Waals surface area contributed by atoms with E-state index in [1.807, 2.05) is 54.6 Å². The molecule has 5 nitrogen and oxygen atoms in total. The maximum atomic E-state index is 12.4. The molecule has 0 aromatic heterocycles. The molecule has 37 heavy (non-hydrogen) atoms. The van der Waals surface area contributed by atoms with Crippen molar-refractivity contribution in [2.24, 2.45) is 0 Å². The van der Waals surface area contributed by atoms with Crippen LogP contribution in [0.3, 0.4) is 0 Å². The van der Waals surface area contributed by atoms with E-state index in [2.05, 4.69) is 41.7 Å². The first-order chi connectivity index (χ1) is 18.1. The van der Waals surface area contributed by atoms with Crippen molar-refractivity contribution in [3.8, 4) is 22.3 Å². The quantitative estimate of drug-likeness (QED) is 0.278. The highest BCUT2D eigenvalue weighted by Gasteiger charge is 2.29. The molecular formula is C32H29NO4. The second-order valence-electron chi connectivity index (χ2n) is 9.80. The van der Waals surface area contributed by atoms with Crippen LogP contribution in [-0.2, 0) is 11.2 Å². The lowest BCUT2D eigenvalue weighted by atomic mass is 9.97. The smallest absolute Gasteiger partial charge is 0.407 e. The van der Waals surface area contributed by atoms with Crippen LogP contribution < -0.4 is 5.32 Å². The first kappa shape index (κ1) is 23.5. The van der Waals surface area contributed by atoms with Gasteiger partial charge in [-0.1, -0.05) is 91.0 Å². The lowest BCUT2D eigenvalue weighted by Crippen LogP contribution is -2.30. The molecule has 0 aliphatic heterocycles. The summed E-state index contributed by atoms with van der Waals surface area (Å²) in [5.41, 5.74) is 10.2. The average molecular weight is 492 g/mol. The first-order valence-corrected chi connectivity index (χ1v) is 12.8. The van der Waals surface area contributed by atoms with Crippen LogP contribution in [0.15, 0.2) is 91.0 Å². The van der Waals surface area contributed by atoms with Crippen LogP contribution in [0.2, 0.25) is 0 Å². The van der Waals surface area contributed by atoms with E-state index < -0.39 is 18.3 Å². The van der Waals surface area contributed by atoms with Crippen molar-refractivity contribution < 1.29 is 19.7 Å². The SMILES string of the molecule is O=C(NCCC(O)C(O)c1ccc2c(c1)Cc1ccccc1-2)OCC1c2ccccc2-c2ccccc21. The van der Waals surface area contributed by atoms with Gasteiger partial charge in [0, 0.05) is 12.5 Å². The van der Waals surface area contributed by atoms with Crippen molar-refractivity contribution >= 4 is 6.09 Å². The number of aliphatic hydroxyl groups is 2. The lowest BCUT2D eigenvalue weighted by molar-refractivity contribution is 0.0136. The molecule has 6 rings (SSSR count). The van der Waals surface area contributed by atoms with Crippen LogP contribution >= 0.6 is 0 Å². The topological polar surface area (TPSA) is 78.8 Å². The molecular weight excluding hydrogens is 462 g/mol. The number of fused-ring (bicyclic) bond motifs is 6. The summed E-state index contributed by atoms with van der Waals surface area (Å²) in [5.74, 6) is -0.00323. The maximum Gasteiger partial charge on any atom is 0.407 e. The molecule has 2 aliphatic rings. The lowest BCUT2D eigenvalue weighted by Gasteiger charge is -2.19. The van der Waals surface area contributed by atoms with Gasteiger partial charge < -0.3 is 20.3 Å². The Bertz CT molecular complexity index is 1420. The van der Waals surface area contributed by atoms with Crippen molar-refractivity contribution in [2.45, 2.75) is 31.0 Å². The second kappa shape index (κ2) is 9.85. The number of hydrogen-bond acceptors (Lipinski definition) is 4. The number of benzene rings is 4. The number of carbonyl (C=O) groups excluding carboxylic acids is 1. The zero-order valence-electron chi connectivity index (χ0n) is 20.4. The van der Waals surface area contributed by atoms with Gasteiger partial charge in [0.05, 0.1) is 6.10 Å². The van der Waals surface area contributed by atoms with Crippen LogP contribution in [0.1, 0.15) is 46.3 Å². The van der Waals surface area contributed by atoms with Gasteiger partial charge >= 0.3 is 6.09 Å². The van der Waals surface area contributed by atoms with Gasteiger partial charge in [-0.2, -0.15) is 0 Å². The number of rotatable bonds is 7. The second-order valence-corrected chi connectivity index (χ2v) is 9.80. The molecule has 4 aromatic carbocycles. The van der Waals surface area contributed by atoms with Crippen LogP contribution in [-0.4, -0.2) is 35.6 Å². The predicted octanol–water partition coefficient (Wildman–Crippen LogP) is 5.58. The number of carbonyl (C=O) groups is 1. The summed E-state index contributed by atoms with van der Waals surface area (Å²) >= 11 is 0. The first-order valence-electron chi connectivity index (χ1n) is 12.8. The summed E-state index contributed by atoms with van der Waals surface area (Å²) in [5, 5.41) is 24.0. The van der Waals surface area contributed by atoms with Crippen molar-refractivity contribution in [1.29, 1.82) is 0 Å². The molecule has 2 atom stereocenters. The molecule has 0 heterocycles. The molecule has 3 N–H and O–H groups in total. The predicted molar refractivity (Wildman–Crippen MR) is 143 cm³/mol. The fourth-order valence-electron chi connectivity index (χ4n) is 5.70. The zero-order chi connectivity index (χ0) is 25.4. The minimum absolute atomic E-state index is 0.00323. The largest absolute Gasteiger partial charge is 0.449 e. The fraction of sp³-hybridized carbons (Fsp3) is 0.219. The van der Waals surface area contributed by atoms with Gasteiger partial charge in [-0.05, 0) is 62.9 Å². The number of alkyl carbamates (subject to hydrolysis) is 1. The number of amides is 1. The third-order valence-electron chi connectivity index (χ3n) is 7.58. The Morgan fingerprint density at radius 1 is 0.811 bits per heavy atom. The number of nitrogens with one attached hydrogen (secondary N) is 1. The molecule has 4 aromatic rings. The van der Waals surface area contributed by atoms with Crippen molar-refractivity contribution in [3.05, 3.63) is 119 Å². The molecule has 0 bridgehead atoms. The molecule has 0 fully saturated rings. The third-order valence-corrected chi connectivity index (χ3v) is 7.58. The molecule has 5 heteroatoms. The highest BCUT2D eigenvalue weighted by Crippen LogP contribution is 2.44. The van der Waals surface area contributed by atoms with E-state index in [-0.39, 0.29) is 25.5 Å². The van der Waals surface area contributed by atoms with Crippen molar-refractivity contribution in [3.63, 3.8) is 0 Å². The van der Waals surface area contributed by atoms with Gasteiger partial charge in [-0.15, -0.1) is 0 Å².